The Bertz CT molecular complexity index is 300. The first-order valence-corrected chi connectivity index (χ1v) is 3.07. The summed E-state index contributed by atoms with van der Waals surface area (Å²) in [6.07, 6.45) is 1.21. The van der Waals surface area contributed by atoms with Crippen molar-refractivity contribution in [3.63, 3.8) is 0 Å². The van der Waals surface area contributed by atoms with Crippen LogP contribution in [-0.4, -0.2) is 21.2 Å². The molecule has 0 unspecified atom stereocenters. The molecule has 0 aliphatic heterocycles. The Labute approximate surface area is 67.1 Å². The van der Waals surface area contributed by atoms with Crippen molar-refractivity contribution in [3.05, 3.63) is 23.0 Å². The van der Waals surface area contributed by atoms with Crippen LogP contribution in [0.5, 0.6) is 5.75 Å². The van der Waals surface area contributed by atoms with Gasteiger partial charge in [-0.25, -0.2) is 9.78 Å². The van der Waals surface area contributed by atoms with Gasteiger partial charge in [-0.3, -0.25) is 0 Å². The first kappa shape index (κ1) is 7.81. The maximum atomic E-state index is 10.3. The number of hydrogen-bond donors (Lipinski definition) is 2. The van der Waals surface area contributed by atoms with Gasteiger partial charge < -0.3 is 10.2 Å². The smallest absolute Gasteiger partial charge is 0.358 e. The number of aromatic nitrogens is 1. The highest BCUT2D eigenvalue weighted by Crippen LogP contribution is 2.24. The molecule has 5 heteroatoms. The quantitative estimate of drug-likeness (QED) is 0.668. The lowest BCUT2D eigenvalue weighted by Crippen LogP contribution is -1.99. The summed E-state index contributed by atoms with van der Waals surface area (Å²) in [7, 11) is 0. The minimum absolute atomic E-state index is 0.0163. The second kappa shape index (κ2) is 2.75. The normalized spacial score (nSPS) is 9.55. The van der Waals surface area contributed by atoms with E-state index in [2.05, 4.69) is 4.98 Å². The van der Waals surface area contributed by atoms with Crippen LogP contribution in [0.3, 0.4) is 0 Å². The van der Waals surface area contributed by atoms with Gasteiger partial charge >= 0.3 is 5.97 Å². The lowest BCUT2D eigenvalue weighted by atomic mass is 10.3. The number of carboxylic acid groups (broad SMARTS) is 1. The zero-order valence-corrected chi connectivity index (χ0v) is 6.04. The minimum atomic E-state index is -1.30. The Morgan fingerprint density at radius 3 is 2.73 bits per heavy atom. The highest BCUT2D eigenvalue weighted by Gasteiger charge is 2.12. The van der Waals surface area contributed by atoms with Crippen LogP contribution in [0.4, 0.5) is 0 Å². The molecule has 1 aromatic rings. The zero-order chi connectivity index (χ0) is 8.43. The summed E-state index contributed by atoms with van der Waals surface area (Å²) in [4.78, 5) is 13.7. The van der Waals surface area contributed by atoms with E-state index in [1.807, 2.05) is 0 Å². The van der Waals surface area contributed by atoms with Crippen LogP contribution < -0.4 is 0 Å². The Morgan fingerprint density at radius 1 is 1.64 bits per heavy atom. The highest BCUT2D eigenvalue weighted by atomic mass is 35.5. The van der Waals surface area contributed by atoms with Crippen LogP contribution in [-0.2, 0) is 0 Å². The van der Waals surface area contributed by atoms with Crippen molar-refractivity contribution in [2.75, 3.05) is 0 Å². The largest absolute Gasteiger partial charge is 0.504 e. The molecule has 0 saturated heterocycles. The fourth-order valence-corrected chi connectivity index (χ4v) is 0.733. The zero-order valence-electron chi connectivity index (χ0n) is 5.28. The van der Waals surface area contributed by atoms with Crippen LogP contribution in [0.2, 0.25) is 5.02 Å². The molecule has 0 fully saturated rings. The number of nitrogens with zero attached hydrogens (tertiary/aromatic N) is 1. The van der Waals surface area contributed by atoms with Crippen LogP contribution in [0.25, 0.3) is 0 Å². The fourth-order valence-electron chi connectivity index (χ4n) is 0.587. The summed E-state index contributed by atoms with van der Waals surface area (Å²) in [6, 6.07) is 1.31. The molecule has 0 radical (unpaired) electrons. The summed E-state index contributed by atoms with van der Waals surface area (Å²) in [5, 5.41) is 17.4. The van der Waals surface area contributed by atoms with Gasteiger partial charge in [-0.1, -0.05) is 11.6 Å². The number of aromatic hydroxyl groups is 1. The molecule has 0 saturated carbocycles. The molecule has 0 aromatic carbocycles. The summed E-state index contributed by atoms with van der Waals surface area (Å²) in [5.74, 6) is -1.80. The molecular weight excluding hydrogens is 170 g/mol. The number of halogens is 1. The van der Waals surface area contributed by atoms with Crippen molar-refractivity contribution >= 4 is 17.6 Å². The van der Waals surface area contributed by atoms with Crippen molar-refractivity contribution in [2.24, 2.45) is 0 Å². The molecule has 2 N–H and O–H groups in total. The van der Waals surface area contributed by atoms with Crippen molar-refractivity contribution in [3.8, 4) is 5.75 Å². The predicted octanol–water partition coefficient (Wildman–Crippen LogP) is 1.14. The maximum absolute atomic E-state index is 10.3. The van der Waals surface area contributed by atoms with Gasteiger partial charge in [0.1, 0.15) is 0 Å². The van der Waals surface area contributed by atoms with Gasteiger partial charge in [0.05, 0.1) is 5.02 Å². The summed E-state index contributed by atoms with van der Waals surface area (Å²) in [5.41, 5.74) is -0.433. The van der Waals surface area contributed by atoms with Gasteiger partial charge in [-0.05, 0) is 6.07 Å². The number of hydrogen-bond acceptors (Lipinski definition) is 3. The van der Waals surface area contributed by atoms with Gasteiger partial charge in [0.15, 0.2) is 11.4 Å². The van der Waals surface area contributed by atoms with E-state index in [9.17, 15) is 4.79 Å². The number of carbonyl (C=O) groups is 1. The van der Waals surface area contributed by atoms with Gasteiger partial charge in [-0.2, -0.15) is 0 Å². The average Bonchev–Trinajstić information content (AvgIpc) is 1.94. The number of pyridine rings is 1. The van der Waals surface area contributed by atoms with Gasteiger partial charge in [0.25, 0.3) is 0 Å². The van der Waals surface area contributed by atoms with Gasteiger partial charge in [0, 0.05) is 6.20 Å². The molecule has 1 aromatic heterocycles. The lowest BCUT2D eigenvalue weighted by Gasteiger charge is -1.97. The third-order valence-electron chi connectivity index (χ3n) is 1.08. The Hall–Kier alpha value is -1.29. The second-order valence-corrected chi connectivity index (χ2v) is 2.20. The SMILES string of the molecule is O=C(O)c1nccc(Cl)c1O. The Kier molecular flexibility index (Phi) is 1.96. The van der Waals surface area contributed by atoms with Gasteiger partial charge in [-0.15, -0.1) is 0 Å². The third kappa shape index (κ3) is 1.40. The van der Waals surface area contributed by atoms with E-state index in [0.717, 1.165) is 0 Å². The predicted molar refractivity (Wildman–Crippen MR) is 37.9 cm³/mol. The molecule has 0 atom stereocenters. The Morgan fingerprint density at radius 2 is 2.27 bits per heavy atom. The monoisotopic (exact) mass is 173 g/mol. The van der Waals surface area contributed by atoms with Crippen LogP contribution >= 0.6 is 11.6 Å². The minimum Gasteiger partial charge on any atom is -0.504 e. The van der Waals surface area contributed by atoms with E-state index in [0.29, 0.717) is 0 Å². The highest BCUT2D eigenvalue weighted by molar-refractivity contribution is 6.32. The third-order valence-corrected chi connectivity index (χ3v) is 1.38. The van der Waals surface area contributed by atoms with Crippen LogP contribution in [0, 0.1) is 0 Å². The van der Waals surface area contributed by atoms with E-state index in [1.165, 1.54) is 12.3 Å². The van der Waals surface area contributed by atoms with Crippen LogP contribution in [0.15, 0.2) is 12.3 Å². The molecule has 0 amide bonds. The second-order valence-electron chi connectivity index (χ2n) is 1.80. The number of aromatic carboxylic acids is 1. The first-order chi connectivity index (χ1) is 5.13. The lowest BCUT2D eigenvalue weighted by molar-refractivity contribution is 0.0687. The van der Waals surface area contributed by atoms with Crippen molar-refractivity contribution in [2.45, 2.75) is 0 Å². The molecule has 1 rings (SSSR count). The van der Waals surface area contributed by atoms with E-state index < -0.39 is 17.4 Å². The average molecular weight is 174 g/mol. The molecule has 58 valence electrons. The fraction of sp³-hybridized carbons (Fsp3) is 0. The molecule has 0 aliphatic rings. The number of carboxylic acids is 1. The topological polar surface area (TPSA) is 70.4 Å². The van der Waals surface area contributed by atoms with E-state index in [4.69, 9.17) is 21.8 Å². The molecule has 0 aliphatic carbocycles. The molecule has 4 nitrogen and oxygen atoms in total. The summed E-state index contributed by atoms with van der Waals surface area (Å²) >= 11 is 5.40. The number of rotatable bonds is 1. The standard InChI is InChI=1S/C6H4ClNO3/c7-3-1-2-8-4(5(3)9)6(10)11/h1-2,9H,(H,10,11). The Balaban J connectivity index is 3.27. The molecule has 0 spiro atoms. The first-order valence-electron chi connectivity index (χ1n) is 2.69. The summed E-state index contributed by atoms with van der Waals surface area (Å²) < 4.78 is 0. The molecule has 1 heterocycles. The van der Waals surface area contributed by atoms with Crippen molar-refractivity contribution in [1.82, 2.24) is 4.98 Å². The van der Waals surface area contributed by atoms with E-state index in [-0.39, 0.29) is 5.02 Å². The van der Waals surface area contributed by atoms with Crippen molar-refractivity contribution < 1.29 is 15.0 Å². The molecule has 0 bridgehead atoms. The van der Waals surface area contributed by atoms with Crippen LogP contribution in [0.1, 0.15) is 10.5 Å². The van der Waals surface area contributed by atoms with E-state index >= 15 is 0 Å². The molecular formula is C6H4ClNO3. The van der Waals surface area contributed by atoms with Gasteiger partial charge in [0.2, 0.25) is 0 Å². The van der Waals surface area contributed by atoms with Crippen molar-refractivity contribution in [1.29, 1.82) is 0 Å². The molecule has 11 heavy (non-hydrogen) atoms. The summed E-state index contributed by atoms with van der Waals surface area (Å²) in [6.45, 7) is 0. The van der Waals surface area contributed by atoms with E-state index in [1.54, 1.807) is 0 Å². The maximum Gasteiger partial charge on any atom is 0.358 e.